The Labute approximate surface area is 141 Å². The number of fused-ring (bicyclic) bond motifs is 1. The van der Waals surface area contributed by atoms with Gasteiger partial charge in [0.05, 0.1) is 36.7 Å². The lowest BCUT2D eigenvalue weighted by Crippen LogP contribution is -2.42. The molecule has 1 saturated carbocycles. The molecular weight excluding hydrogens is 306 g/mol. The maximum Gasteiger partial charge on any atom is 0.258 e. The maximum atomic E-state index is 13.1. The molecule has 3 heterocycles. The van der Waals surface area contributed by atoms with Gasteiger partial charge < -0.3 is 14.1 Å². The summed E-state index contributed by atoms with van der Waals surface area (Å²) in [6.45, 7) is 4.60. The number of carbonyl (C=O) groups is 1. The van der Waals surface area contributed by atoms with E-state index in [0.29, 0.717) is 24.5 Å². The number of carbonyl (C=O) groups excluding carboxylic acids is 1. The van der Waals surface area contributed by atoms with Gasteiger partial charge in [-0.2, -0.15) is 5.10 Å². The van der Waals surface area contributed by atoms with E-state index in [1.165, 1.54) is 12.8 Å². The largest absolute Gasteiger partial charge is 0.469 e. The Bertz CT molecular complexity index is 717. The van der Waals surface area contributed by atoms with E-state index in [1.807, 2.05) is 22.6 Å². The molecule has 1 fully saturated rings. The van der Waals surface area contributed by atoms with E-state index in [4.69, 9.17) is 9.15 Å². The topological polar surface area (TPSA) is 60.5 Å². The second-order valence-corrected chi connectivity index (χ2v) is 6.79. The van der Waals surface area contributed by atoms with Gasteiger partial charge >= 0.3 is 0 Å². The average molecular weight is 329 g/mol. The number of amides is 1. The number of hydrogen-bond donors (Lipinski definition) is 0. The van der Waals surface area contributed by atoms with Crippen molar-refractivity contribution in [1.29, 1.82) is 0 Å². The van der Waals surface area contributed by atoms with Crippen molar-refractivity contribution in [3.8, 4) is 0 Å². The second-order valence-electron chi connectivity index (χ2n) is 6.79. The SMILES string of the molecule is Cc1occc1C(=O)N1Cc2ccnn2CC[C@@H]1COCC1CC1. The van der Waals surface area contributed by atoms with Crippen molar-refractivity contribution >= 4 is 5.91 Å². The zero-order chi connectivity index (χ0) is 16.5. The van der Waals surface area contributed by atoms with Gasteiger partial charge in [-0.1, -0.05) is 0 Å². The van der Waals surface area contributed by atoms with Crippen LogP contribution in [0.3, 0.4) is 0 Å². The molecule has 4 rings (SSSR count). The van der Waals surface area contributed by atoms with Crippen LogP contribution >= 0.6 is 0 Å². The van der Waals surface area contributed by atoms with Crippen molar-refractivity contribution in [1.82, 2.24) is 14.7 Å². The first-order valence-electron chi connectivity index (χ1n) is 8.66. The van der Waals surface area contributed by atoms with E-state index >= 15 is 0 Å². The number of furan rings is 1. The molecule has 0 radical (unpaired) electrons. The first kappa shape index (κ1) is 15.4. The standard InChI is InChI=1S/C18H23N3O3/c1-13-17(6-9-24-13)18(22)20-10-15-4-7-19-21(15)8-5-16(20)12-23-11-14-2-3-14/h4,6-7,9,14,16H,2-3,5,8,10-12H2,1H3/t16-/m1/s1. The first-order chi connectivity index (χ1) is 11.7. The number of nitrogens with zero attached hydrogens (tertiary/aromatic N) is 3. The van der Waals surface area contributed by atoms with Gasteiger partial charge in [0.2, 0.25) is 0 Å². The Hall–Kier alpha value is -2.08. The second kappa shape index (κ2) is 6.43. The van der Waals surface area contributed by atoms with Crippen LogP contribution in [0.15, 0.2) is 29.0 Å². The lowest BCUT2D eigenvalue weighted by Gasteiger charge is -2.29. The molecule has 128 valence electrons. The molecule has 0 aromatic carbocycles. The summed E-state index contributed by atoms with van der Waals surface area (Å²) in [5, 5.41) is 4.36. The molecule has 6 heteroatoms. The molecule has 1 aliphatic carbocycles. The van der Waals surface area contributed by atoms with Gasteiger partial charge in [-0.15, -0.1) is 0 Å². The Morgan fingerprint density at radius 2 is 2.21 bits per heavy atom. The summed E-state index contributed by atoms with van der Waals surface area (Å²) in [6.07, 6.45) is 6.77. The number of aryl methyl sites for hydroxylation is 2. The van der Waals surface area contributed by atoms with Crippen LogP contribution in [0.5, 0.6) is 0 Å². The van der Waals surface area contributed by atoms with E-state index < -0.39 is 0 Å². The smallest absolute Gasteiger partial charge is 0.258 e. The fourth-order valence-electron chi connectivity index (χ4n) is 3.25. The number of hydrogen-bond acceptors (Lipinski definition) is 4. The number of ether oxygens (including phenoxy) is 1. The number of rotatable bonds is 5. The highest BCUT2D eigenvalue weighted by atomic mass is 16.5. The summed E-state index contributed by atoms with van der Waals surface area (Å²) in [7, 11) is 0. The highest BCUT2D eigenvalue weighted by Gasteiger charge is 2.31. The van der Waals surface area contributed by atoms with Crippen molar-refractivity contribution in [2.75, 3.05) is 13.2 Å². The van der Waals surface area contributed by atoms with Crippen molar-refractivity contribution in [2.45, 2.75) is 45.3 Å². The zero-order valence-corrected chi connectivity index (χ0v) is 14.0. The van der Waals surface area contributed by atoms with Gasteiger partial charge in [-0.05, 0) is 44.2 Å². The molecule has 2 aliphatic rings. The Kier molecular flexibility index (Phi) is 4.14. The summed E-state index contributed by atoms with van der Waals surface area (Å²) in [5.41, 5.74) is 1.70. The van der Waals surface area contributed by atoms with Crippen LogP contribution in [0.4, 0.5) is 0 Å². The van der Waals surface area contributed by atoms with E-state index in [1.54, 1.807) is 18.5 Å². The minimum atomic E-state index is 0.0101. The van der Waals surface area contributed by atoms with Gasteiger partial charge in [-0.3, -0.25) is 9.48 Å². The van der Waals surface area contributed by atoms with Gasteiger partial charge in [-0.25, -0.2) is 0 Å². The third-order valence-corrected chi connectivity index (χ3v) is 4.96. The van der Waals surface area contributed by atoms with Crippen LogP contribution in [-0.4, -0.2) is 39.8 Å². The molecular formula is C18H23N3O3. The number of aromatic nitrogens is 2. The van der Waals surface area contributed by atoms with E-state index in [2.05, 4.69) is 5.10 Å². The molecule has 2 aromatic heterocycles. The lowest BCUT2D eigenvalue weighted by atomic mass is 10.1. The molecule has 0 bridgehead atoms. The molecule has 0 spiro atoms. The fraction of sp³-hybridized carbons (Fsp3) is 0.556. The van der Waals surface area contributed by atoms with Gasteiger partial charge in [0, 0.05) is 19.3 Å². The van der Waals surface area contributed by atoms with Crippen molar-refractivity contribution < 1.29 is 13.9 Å². The third-order valence-electron chi connectivity index (χ3n) is 4.96. The minimum Gasteiger partial charge on any atom is -0.469 e. The normalized spacial score (nSPS) is 20.7. The molecule has 1 aliphatic heterocycles. The van der Waals surface area contributed by atoms with Crippen molar-refractivity contribution in [2.24, 2.45) is 5.92 Å². The molecule has 24 heavy (non-hydrogen) atoms. The van der Waals surface area contributed by atoms with Crippen LogP contribution in [0.2, 0.25) is 0 Å². The molecule has 1 amide bonds. The quantitative estimate of drug-likeness (QED) is 0.846. The monoisotopic (exact) mass is 329 g/mol. The molecule has 2 aromatic rings. The van der Waals surface area contributed by atoms with Gasteiger partial charge in [0.25, 0.3) is 5.91 Å². The van der Waals surface area contributed by atoms with E-state index in [0.717, 1.165) is 31.2 Å². The summed E-state index contributed by atoms with van der Waals surface area (Å²) < 4.78 is 13.2. The fourth-order valence-corrected chi connectivity index (χ4v) is 3.25. The molecule has 0 saturated heterocycles. The van der Waals surface area contributed by atoms with Gasteiger partial charge in [0.15, 0.2) is 0 Å². The van der Waals surface area contributed by atoms with E-state index in [9.17, 15) is 4.79 Å². The van der Waals surface area contributed by atoms with Crippen LogP contribution in [-0.2, 0) is 17.8 Å². The highest BCUT2D eigenvalue weighted by Crippen LogP contribution is 2.29. The predicted octanol–water partition coefficient (Wildman–Crippen LogP) is 2.63. The summed E-state index contributed by atoms with van der Waals surface area (Å²) in [6, 6.07) is 3.80. The lowest BCUT2D eigenvalue weighted by molar-refractivity contribution is 0.0369. The van der Waals surface area contributed by atoms with E-state index in [-0.39, 0.29) is 11.9 Å². The Morgan fingerprint density at radius 1 is 1.33 bits per heavy atom. The molecule has 0 N–H and O–H groups in total. The molecule has 0 unspecified atom stereocenters. The Balaban J connectivity index is 1.54. The highest BCUT2D eigenvalue weighted by molar-refractivity contribution is 5.95. The van der Waals surface area contributed by atoms with Crippen molar-refractivity contribution in [3.63, 3.8) is 0 Å². The van der Waals surface area contributed by atoms with Crippen LogP contribution < -0.4 is 0 Å². The van der Waals surface area contributed by atoms with Gasteiger partial charge in [0.1, 0.15) is 5.76 Å². The van der Waals surface area contributed by atoms with Crippen LogP contribution in [0.25, 0.3) is 0 Å². The van der Waals surface area contributed by atoms with Crippen molar-refractivity contribution in [3.05, 3.63) is 41.6 Å². The minimum absolute atomic E-state index is 0.0101. The third kappa shape index (κ3) is 3.11. The summed E-state index contributed by atoms with van der Waals surface area (Å²) in [4.78, 5) is 15.0. The zero-order valence-electron chi connectivity index (χ0n) is 14.0. The maximum absolute atomic E-state index is 13.1. The summed E-state index contributed by atoms with van der Waals surface area (Å²) in [5.74, 6) is 1.40. The molecule has 6 nitrogen and oxygen atoms in total. The first-order valence-corrected chi connectivity index (χ1v) is 8.66. The molecule has 1 atom stereocenters. The predicted molar refractivity (Wildman–Crippen MR) is 87.5 cm³/mol. The summed E-state index contributed by atoms with van der Waals surface area (Å²) >= 11 is 0. The average Bonchev–Trinajstić information content (AvgIpc) is 3.19. The van der Waals surface area contributed by atoms with Crippen LogP contribution in [0.1, 0.15) is 41.1 Å². The Morgan fingerprint density at radius 3 is 2.96 bits per heavy atom. The van der Waals surface area contributed by atoms with Crippen LogP contribution in [0, 0.1) is 12.8 Å².